The van der Waals surface area contributed by atoms with Crippen LogP contribution in [0.1, 0.15) is 25.7 Å². The zero-order valence-electron chi connectivity index (χ0n) is 6.70. The lowest BCUT2D eigenvalue weighted by Gasteiger charge is -2.25. The van der Waals surface area contributed by atoms with Gasteiger partial charge in [-0.25, -0.2) is 0 Å². The zero-order chi connectivity index (χ0) is 7.90. The van der Waals surface area contributed by atoms with Gasteiger partial charge in [-0.05, 0) is 24.7 Å². The summed E-state index contributed by atoms with van der Waals surface area (Å²) in [6.45, 7) is 0. The van der Waals surface area contributed by atoms with Crippen molar-refractivity contribution in [2.75, 3.05) is 11.5 Å². The Balaban J connectivity index is 2.03. The topological polar surface area (TPSA) is 40.5 Å². The van der Waals surface area contributed by atoms with E-state index >= 15 is 0 Å². The zero-order valence-corrected chi connectivity index (χ0v) is 7.52. The number of rotatable bonds is 0. The van der Waals surface area contributed by atoms with E-state index < -0.39 is 10.6 Å². The number of hydrogen-bond acceptors (Lipinski definition) is 2. The van der Waals surface area contributed by atoms with E-state index in [9.17, 15) is 9.11 Å². The van der Waals surface area contributed by atoms with Gasteiger partial charge in [0, 0.05) is 11.5 Å². The van der Waals surface area contributed by atoms with Gasteiger partial charge in [-0.3, -0.25) is 9.11 Å². The molecule has 0 aromatic carbocycles. The van der Waals surface area contributed by atoms with E-state index in [1.54, 1.807) is 0 Å². The van der Waals surface area contributed by atoms with Gasteiger partial charge in [-0.1, -0.05) is 12.8 Å². The normalized spacial score (nSPS) is 44.9. The maximum Gasteiger partial charge on any atom is 0.0405 e. The summed E-state index contributed by atoms with van der Waals surface area (Å²) < 4.78 is 18.9. The van der Waals surface area contributed by atoms with Crippen molar-refractivity contribution in [1.82, 2.24) is 0 Å². The van der Waals surface area contributed by atoms with Crippen molar-refractivity contribution in [3.8, 4) is 0 Å². The van der Waals surface area contributed by atoms with E-state index in [1.807, 2.05) is 0 Å². The molecule has 2 aliphatic rings. The molecule has 0 spiro atoms. The van der Waals surface area contributed by atoms with Crippen LogP contribution in [0.2, 0.25) is 0 Å². The molecule has 0 bridgehead atoms. The molecule has 0 radical (unpaired) electrons. The largest absolute Gasteiger partial charge is 0.299 e. The molecule has 1 saturated heterocycles. The second kappa shape index (κ2) is 2.64. The number of fused-ring (bicyclic) bond motifs is 1. The molecule has 2 rings (SSSR count). The van der Waals surface area contributed by atoms with E-state index in [-0.39, 0.29) is 0 Å². The van der Waals surface area contributed by atoms with Crippen LogP contribution in [0.3, 0.4) is 0 Å². The van der Waals surface area contributed by atoms with Crippen molar-refractivity contribution >= 4 is 10.6 Å². The average molecular weight is 176 g/mol. The van der Waals surface area contributed by atoms with Crippen molar-refractivity contribution in [3.63, 3.8) is 0 Å². The Kier molecular flexibility index (Phi) is 1.90. The van der Waals surface area contributed by atoms with Crippen LogP contribution in [0, 0.1) is 11.8 Å². The first kappa shape index (κ1) is 7.90. The van der Waals surface area contributed by atoms with Crippen LogP contribution >= 0.6 is 10.6 Å². The molecule has 1 saturated carbocycles. The highest BCUT2D eigenvalue weighted by atomic mass is 32.3. The van der Waals surface area contributed by atoms with Crippen LogP contribution < -0.4 is 0 Å². The smallest absolute Gasteiger partial charge is 0.0405 e. The van der Waals surface area contributed by atoms with Gasteiger partial charge in [-0.15, -0.1) is 0 Å². The molecule has 3 heteroatoms. The SMILES string of the molecule is OS1(O)CC2CCCCC2C1. The lowest BCUT2D eigenvalue weighted by Crippen LogP contribution is -2.16. The molecule has 2 N–H and O–H groups in total. The first-order chi connectivity index (χ1) is 5.17. The van der Waals surface area contributed by atoms with Crippen LogP contribution in [0.25, 0.3) is 0 Å². The summed E-state index contributed by atoms with van der Waals surface area (Å²) in [7, 11) is -2.13. The van der Waals surface area contributed by atoms with E-state index in [0.717, 1.165) is 0 Å². The van der Waals surface area contributed by atoms with Crippen molar-refractivity contribution in [2.45, 2.75) is 25.7 Å². The quantitative estimate of drug-likeness (QED) is 0.595. The molecule has 2 fully saturated rings. The fourth-order valence-electron chi connectivity index (χ4n) is 2.48. The minimum atomic E-state index is -2.13. The van der Waals surface area contributed by atoms with Crippen molar-refractivity contribution < 1.29 is 9.11 Å². The van der Waals surface area contributed by atoms with E-state index in [1.165, 1.54) is 25.7 Å². The lowest BCUT2D eigenvalue weighted by atomic mass is 9.82. The molecule has 2 atom stereocenters. The maximum atomic E-state index is 9.46. The summed E-state index contributed by atoms with van der Waals surface area (Å²) in [5.74, 6) is 2.71. The van der Waals surface area contributed by atoms with Crippen LogP contribution in [0.4, 0.5) is 0 Å². The fraction of sp³-hybridized carbons (Fsp3) is 1.00. The Hall–Kier alpha value is 0.270. The first-order valence-electron chi connectivity index (χ1n) is 4.41. The highest BCUT2D eigenvalue weighted by Gasteiger charge is 2.38. The van der Waals surface area contributed by atoms with E-state index in [4.69, 9.17) is 0 Å². The Morgan fingerprint density at radius 1 is 0.909 bits per heavy atom. The molecule has 66 valence electrons. The van der Waals surface area contributed by atoms with Crippen LogP contribution in [-0.4, -0.2) is 20.6 Å². The third kappa shape index (κ3) is 1.55. The number of hydrogen-bond donors (Lipinski definition) is 2. The summed E-state index contributed by atoms with van der Waals surface area (Å²) >= 11 is 0. The van der Waals surface area contributed by atoms with Gasteiger partial charge in [-0.2, -0.15) is 10.6 Å². The fourth-order valence-corrected chi connectivity index (χ4v) is 4.86. The van der Waals surface area contributed by atoms with Crippen molar-refractivity contribution in [2.24, 2.45) is 11.8 Å². The van der Waals surface area contributed by atoms with Crippen LogP contribution in [0.15, 0.2) is 0 Å². The van der Waals surface area contributed by atoms with Crippen molar-refractivity contribution in [3.05, 3.63) is 0 Å². The van der Waals surface area contributed by atoms with Gasteiger partial charge < -0.3 is 0 Å². The molecule has 0 aromatic rings. The molecule has 1 aliphatic heterocycles. The average Bonchev–Trinajstić information content (AvgIpc) is 2.21. The van der Waals surface area contributed by atoms with Gasteiger partial charge in [0.05, 0.1) is 0 Å². The Morgan fingerprint density at radius 2 is 1.36 bits per heavy atom. The Labute approximate surface area is 69.3 Å². The molecule has 0 aromatic heterocycles. The van der Waals surface area contributed by atoms with Gasteiger partial charge in [0.15, 0.2) is 0 Å². The van der Waals surface area contributed by atoms with Gasteiger partial charge >= 0.3 is 0 Å². The second-order valence-corrected chi connectivity index (χ2v) is 6.21. The van der Waals surface area contributed by atoms with Gasteiger partial charge in [0.1, 0.15) is 0 Å². The standard InChI is InChI=1S/C8H16O2S/c9-11(10)5-7-3-1-2-4-8(7)6-11/h7-10H,1-6H2. The highest BCUT2D eigenvalue weighted by Crippen LogP contribution is 2.55. The second-order valence-electron chi connectivity index (χ2n) is 3.94. The van der Waals surface area contributed by atoms with Crippen LogP contribution in [-0.2, 0) is 0 Å². The lowest BCUT2D eigenvalue weighted by molar-refractivity contribution is 0.299. The molecule has 2 unspecified atom stereocenters. The van der Waals surface area contributed by atoms with Gasteiger partial charge in [0.25, 0.3) is 0 Å². The summed E-state index contributed by atoms with van der Waals surface area (Å²) in [6.07, 6.45) is 5.08. The molecule has 11 heavy (non-hydrogen) atoms. The first-order valence-corrected chi connectivity index (χ1v) is 6.29. The van der Waals surface area contributed by atoms with E-state index in [2.05, 4.69) is 0 Å². The predicted molar refractivity (Wildman–Crippen MR) is 48.0 cm³/mol. The third-order valence-electron chi connectivity index (χ3n) is 3.03. The molecule has 1 aliphatic carbocycles. The van der Waals surface area contributed by atoms with E-state index in [0.29, 0.717) is 23.3 Å². The van der Waals surface area contributed by atoms with Crippen molar-refractivity contribution in [1.29, 1.82) is 0 Å². The van der Waals surface area contributed by atoms with Crippen LogP contribution in [0.5, 0.6) is 0 Å². The summed E-state index contributed by atoms with van der Waals surface area (Å²) in [4.78, 5) is 0. The minimum Gasteiger partial charge on any atom is -0.299 e. The monoisotopic (exact) mass is 176 g/mol. The third-order valence-corrected chi connectivity index (χ3v) is 4.95. The highest BCUT2D eigenvalue weighted by molar-refractivity contribution is 8.24. The molecule has 2 nitrogen and oxygen atoms in total. The molecular weight excluding hydrogens is 160 g/mol. The summed E-state index contributed by atoms with van der Waals surface area (Å²) in [5.41, 5.74) is 0. The summed E-state index contributed by atoms with van der Waals surface area (Å²) in [5, 5.41) is 0. The minimum absolute atomic E-state index is 0.647. The molecular formula is C8H16O2S. The predicted octanol–water partition coefficient (Wildman–Crippen LogP) is 2.56. The summed E-state index contributed by atoms with van der Waals surface area (Å²) in [6, 6.07) is 0. The maximum absolute atomic E-state index is 9.46. The molecule has 0 amide bonds. The molecule has 1 heterocycles. The Bertz CT molecular complexity index is 142. The van der Waals surface area contributed by atoms with Gasteiger partial charge in [0.2, 0.25) is 0 Å². The Morgan fingerprint density at radius 3 is 1.82 bits per heavy atom.